The lowest BCUT2D eigenvalue weighted by Gasteiger charge is -2.53. The molecule has 0 aliphatic heterocycles. The molecule has 1 heterocycles. The summed E-state index contributed by atoms with van der Waals surface area (Å²) >= 11 is 0. The van der Waals surface area contributed by atoms with E-state index < -0.39 is 11.6 Å². The van der Waals surface area contributed by atoms with Crippen molar-refractivity contribution in [3.8, 4) is 0 Å². The number of para-hydroxylation sites is 1. The van der Waals surface area contributed by atoms with E-state index in [1.165, 1.54) is 32.1 Å². The van der Waals surface area contributed by atoms with E-state index in [9.17, 15) is 9.59 Å². The molecule has 0 radical (unpaired) electrons. The Morgan fingerprint density at radius 3 is 2.32 bits per heavy atom. The average Bonchev–Trinajstić information content (AvgIpc) is 2.91. The molecule has 2 aromatic carbocycles. The van der Waals surface area contributed by atoms with Gasteiger partial charge in [-0.05, 0) is 86.8 Å². The zero-order valence-corrected chi connectivity index (χ0v) is 22.1. The van der Waals surface area contributed by atoms with Gasteiger partial charge in [0.05, 0.1) is 5.52 Å². The summed E-state index contributed by atoms with van der Waals surface area (Å²) in [6, 6.07) is 21.9. The van der Waals surface area contributed by atoms with Gasteiger partial charge in [0.15, 0.2) is 0 Å². The first-order valence-electron chi connectivity index (χ1n) is 14.1. The maximum absolute atomic E-state index is 13.6. The predicted molar refractivity (Wildman–Crippen MR) is 147 cm³/mol. The average molecular weight is 512 g/mol. The smallest absolute Gasteiger partial charge is 0.408 e. The zero-order valence-electron chi connectivity index (χ0n) is 22.1. The van der Waals surface area contributed by atoms with E-state index in [-0.39, 0.29) is 18.4 Å². The molecule has 4 saturated carbocycles. The summed E-state index contributed by atoms with van der Waals surface area (Å²) in [5.41, 5.74) is 1.57. The second kappa shape index (κ2) is 10.4. The quantitative estimate of drug-likeness (QED) is 0.422. The van der Waals surface area contributed by atoms with Gasteiger partial charge >= 0.3 is 6.09 Å². The number of nitrogens with one attached hydrogen (secondary N) is 2. The number of hydrogen-bond acceptors (Lipinski definition) is 4. The van der Waals surface area contributed by atoms with Crippen LogP contribution in [-0.2, 0) is 22.4 Å². The number of aromatic nitrogens is 1. The summed E-state index contributed by atoms with van der Waals surface area (Å²) in [5.74, 6) is 2.31. The third kappa shape index (κ3) is 5.27. The van der Waals surface area contributed by atoms with Crippen LogP contribution >= 0.6 is 0 Å². The fourth-order valence-electron chi connectivity index (χ4n) is 7.36. The number of rotatable bonds is 8. The standard InChI is InChI=1S/C32H37N3O3/c1-32(30(36)33-14-13-21-7-3-2-4-8-21,20-27-12-11-24-9-5-6-10-28(24)34-27)35-31(37)38-29-25-16-22-15-23(18-25)19-26(29)17-22/h2-12,22-23,25-26,29H,13-20H2,1H3,(H,33,36)(H,35,37). The highest BCUT2D eigenvalue weighted by molar-refractivity contribution is 5.90. The van der Waals surface area contributed by atoms with Crippen LogP contribution in [0.3, 0.4) is 0 Å². The highest BCUT2D eigenvalue weighted by Crippen LogP contribution is 2.54. The molecule has 3 aromatic rings. The predicted octanol–water partition coefficient (Wildman–Crippen LogP) is 5.45. The number of pyridine rings is 1. The minimum atomic E-state index is -1.20. The summed E-state index contributed by atoms with van der Waals surface area (Å²) < 4.78 is 6.10. The summed E-state index contributed by atoms with van der Waals surface area (Å²) in [6.07, 6.45) is 6.49. The molecule has 1 aromatic heterocycles. The Bertz CT molecular complexity index is 1280. The molecule has 2 N–H and O–H groups in total. The summed E-state index contributed by atoms with van der Waals surface area (Å²) in [5, 5.41) is 7.08. The number of nitrogens with zero attached hydrogens (tertiary/aromatic N) is 1. The van der Waals surface area contributed by atoms with E-state index in [0.29, 0.717) is 18.4 Å². The topological polar surface area (TPSA) is 80.3 Å². The minimum Gasteiger partial charge on any atom is -0.446 e. The minimum absolute atomic E-state index is 0.0352. The van der Waals surface area contributed by atoms with Crippen LogP contribution in [0.2, 0.25) is 0 Å². The number of ether oxygens (including phenoxy) is 1. The van der Waals surface area contributed by atoms with Crippen LogP contribution in [0.1, 0.15) is 50.3 Å². The van der Waals surface area contributed by atoms with E-state index in [2.05, 4.69) is 10.6 Å². The van der Waals surface area contributed by atoms with Gasteiger partial charge in [-0.15, -0.1) is 0 Å². The molecule has 38 heavy (non-hydrogen) atoms. The van der Waals surface area contributed by atoms with Gasteiger partial charge in [-0.2, -0.15) is 0 Å². The molecular formula is C32H37N3O3. The lowest BCUT2D eigenvalue weighted by atomic mass is 9.55. The first-order chi connectivity index (χ1) is 18.4. The van der Waals surface area contributed by atoms with Crippen LogP contribution in [-0.4, -0.2) is 35.2 Å². The van der Waals surface area contributed by atoms with Gasteiger partial charge in [-0.25, -0.2) is 4.79 Å². The van der Waals surface area contributed by atoms with Crippen molar-refractivity contribution in [1.82, 2.24) is 15.6 Å². The van der Waals surface area contributed by atoms with Crippen molar-refractivity contribution < 1.29 is 14.3 Å². The van der Waals surface area contributed by atoms with Crippen molar-refractivity contribution in [3.63, 3.8) is 0 Å². The number of carbonyl (C=O) groups excluding carboxylic acids is 2. The Hall–Kier alpha value is -3.41. The molecule has 1 atom stereocenters. The second-order valence-corrected chi connectivity index (χ2v) is 11.9. The molecule has 4 bridgehead atoms. The molecule has 4 fully saturated rings. The van der Waals surface area contributed by atoms with E-state index in [0.717, 1.165) is 40.4 Å². The van der Waals surface area contributed by atoms with E-state index in [4.69, 9.17) is 9.72 Å². The maximum Gasteiger partial charge on any atom is 0.408 e. The normalized spacial score (nSPS) is 27.0. The Balaban J connectivity index is 1.17. The molecule has 4 aliphatic rings. The van der Waals surface area contributed by atoms with Crippen molar-refractivity contribution >= 4 is 22.9 Å². The molecular weight excluding hydrogens is 474 g/mol. The Labute approximate surface area is 224 Å². The molecule has 6 nitrogen and oxygen atoms in total. The van der Waals surface area contributed by atoms with E-state index >= 15 is 0 Å². The molecule has 6 heteroatoms. The number of amides is 2. The summed E-state index contributed by atoms with van der Waals surface area (Å²) in [4.78, 5) is 31.7. The van der Waals surface area contributed by atoms with Crippen LogP contribution in [0.5, 0.6) is 0 Å². The van der Waals surface area contributed by atoms with Crippen molar-refractivity contribution in [2.24, 2.45) is 23.7 Å². The third-order valence-corrected chi connectivity index (χ3v) is 9.00. The Kier molecular flexibility index (Phi) is 6.81. The molecule has 1 unspecified atom stereocenters. The highest BCUT2D eigenvalue weighted by Gasteiger charge is 2.50. The SMILES string of the molecule is CC(Cc1ccc2ccccc2n1)(NC(=O)OC1C2CC3CC(C2)CC1C3)C(=O)NCCc1ccccc1. The van der Waals surface area contributed by atoms with Crippen LogP contribution in [0, 0.1) is 23.7 Å². The first kappa shape index (κ1) is 24.9. The van der Waals surface area contributed by atoms with Crippen LogP contribution < -0.4 is 10.6 Å². The largest absolute Gasteiger partial charge is 0.446 e. The van der Waals surface area contributed by atoms with Crippen molar-refractivity contribution in [2.75, 3.05) is 6.54 Å². The van der Waals surface area contributed by atoms with Gasteiger partial charge in [0, 0.05) is 24.0 Å². The molecule has 7 rings (SSSR count). The third-order valence-electron chi connectivity index (χ3n) is 9.00. The van der Waals surface area contributed by atoms with Gasteiger partial charge in [0.2, 0.25) is 5.91 Å². The summed E-state index contributed by atoms with van der Waals surface area (Å²) in [6.45, 7) is 2.26. The van der Waals surface area contributed by atoms with Crippen molar-refractivity contribution in [2.45, 2.75) is 63.5 Å². The Morgan fingerprint density at radius 2 is 1.58 bits per heavy atom. The lowest BCUT2D eigenvalue weighted by Crippen LogP contribution is -2.60. The first-order valence-corrected chi connectivity index (χ1v) is 14.1. The number of fused-ring (bicyclic) bond motifs is 1. The number of alkyl carbamates (subject to hydrolysis) is 1. The van der Waals surface area contributed by atoms with E-state index in [1.807, 2.05) is 66.7 Å². The molecule has 0 spiro atoms. The number of hydrogen-bond donors (Lipinski definition) is 2. The molecule has 0 saturated heterocycles. The lowest BCUT2D eigenvalue weighted by molar-refractivity contribution is -0.127. The van der Waals surface area contributed by atoms with Gasteiger partial charge in [0.25, 0.3) is 0 Å². The fraction of sp³-hybridized carbons (Fsp3) is 0.469. The van der Waals surface area contributed by atoms with Crippen LogP contribution in [0.15, 0.2) is 66.7 Å². The van der Waals surface area contributed by atoms with Crippen molar-refractivity contribution in [1.29, 1.82) is 0 Å². The second-order valence-electron chi connectivity index (χ2n) is 11.9. The van der Waals surface area contributed by atoms with Crippen LogP contribution in [0.25, 0.3) is 10.9 Å². The zero-order chi connectivity index (χ0) is 26.1. The monoisotopic (exact) mass is 511 g/mol. The summed E-state index contributed by atoms with van der Waals surface area (Å²) in [7, 11) is 0. The Morgan fingerprint density at radius 1 is 0.895 bits per heavy atom. The highest BCUT2D eigenvalue weighted by atomic mass is 16.6. The van der Waals surface area contributed by atoms with Gasteiger partial charge < -0.3 is 15.4 Å². The molecule has 2 amide bonds. The molecule has 4 aliphatic carbocycles. The van der Waals surface area contributed by atoms with Gasteiger partial charge in [0.1, 0.15) is 11.6 Å². The number of benzene rings is 2. The maximum atomic E-state index is 13.6. The van der Waals surface area contributed by atoms with Gasteiger partial charge in [-0.3, -0.25) is 9.78 Å². The van der Waals surface area contributed by atoms with Gasteiger partial charge in [-0.1, -0.05) is 54.6 Å². The molecule has 198 valence electrons. The number of carbonyl (C=O) groups is 2. The van der Waals surface area contributed by atoms with E-state index in [1.54, 1.807) is 6.92 Å². The van der Waals surface area contributed by atoms with Crippen molar-refractivity contribution in [3.05, 3.63) is 78.0 Å². The fourth-order valence-corrected chi connectivity index (χ4v) is 7.36. The van der Waals surface area contributed by atoms with Crippen LogP contribution in [0.4, 0.5) is 4.79 Å².